The summed E-state index contributed by atoms with van der Waals surface area (Å²) in [6.45, 7) is 2.15. The van der Waals surface area contributed by atoms with Gasteiger partial charge in [-0.1, -0.05) is 0 Å². The van der Waals surface area contributed by atoms with Gasteiger partial charge in [-0.15, -0.1) is 0 Å². The number of rotatable bonds is 2. The lowest BCUT2D eigenvalue weighted by Gasteiger charge is -2.29. The molecule has 1 aliphatic heterocycles. The average molecular weight is 230 g/mol. The number of nitrogens with one attached hydrogen (secondary N) is 1. The summed E-state index contributed by atoms with van der Waals surface area (Å²) in [7, 11) is 2.06. The summed E-state index contributed by atoms with van der Waals surface area (Å²) in [6, 6.07) is 6.53. The molecule has 4 nitrogen and oxygen atoms in total. The molecule has 0 saturated carbocycles. The molecule has 0 aromatic carbocycles. The first-order chi connectivity index (χ1) is 8.33. The van der Waals surface area contributed by atoms with Crippen LogP contribution in [-0.4, -0.2) is 31.2 Å². The number of aromatic nitrogens is 1. The predicted octanol–water partition coefficient (Wildman–Crippen LogP) is 1.53. The molecule has 2 rings (SSSR count). The zero-order valence-electron chi connectivity index (χ0n) is 10.2. The molecule has 1 aromatic heterocycles. The first-order valence-electron chi connectivity index (χ1n) is 6.11. The Hall–Kier alpha value is -1.60. The van der Waals surface area contributed by atoms with E-state index in [2.05, 4.69) is 28.3 Å². The lowest BCUT2D eigenvalue weighted by atomic mass is 10.1. The fourth-order valence-electron chi connectivity index (χ4n) is 2.35. The van der Waals surface area contributed by atoms with E-state index in [1.165, 1.54) is 12.8 Å². The van der Waals surface area contributed by atoms with E-state index in [1.807, 2.05) is 12.1 Å². The van der Waals surface area contributed by atoms with E-state index in [4.69, 9.17) is 5.26 Å². The van der Waals surface area contributed by atoms with Crippen LogP contribution in [0.1, 0.15) is 25.0 Å². The molecule has 4 heteroatoms. The number of anilines is 1. The summed E-state index contributed by atoms with van der Waals surface area (Å²) >= 11 is 0. The van der Waals surface area contributed by atoms with Crippen molar-refractivity contribution in [3.8, 4) is 6.07 Å². The Balaban J connectivity index is 2.17. The summed E-state index contributed by atoms with van der Waals surface area (Å²) < 4.78 is 0. The standard InChI is InChI=1S/C13H18N4/c1-17(11-4-2-7-15-9-6-11)13-5-3-8-16-12(13)10-14/h3,5,8,11,15H,2,4,6-7,9H2,1H3. The smallest absolute Gasteiger partial charge is 0.163 e. The Morgan fingerprint density at radius 2 is 2.35 bits per heavy atom. The second-order valence-electron chi connectivity index (χ2n) is 4.43. The highest BCUT2D eigenvalue weighted by molar-refractivity contribution is 5.55. The molecule has 1 unspecified atom stereocenters. The van der Waals surface area contributed by atoms with Crippen molar-refractivity contribution < 1.29 is 0 Å². The molecular formula is C13H18N4. The summed E-state index contributed by atoms with van der Waals surface area (Å²) in [4.78, 5) is 6.33. The van der Waals surface area contributed by atoms with Crippen LogP contribution < -0.4 is 10.2 Å². The molecule has 17 heavy (non-hydrogen) atoms. The van der Waals surface area contributed by atoms with Gasteiger partial charge in [-0.2, -0.15) is 5.26 Å². The van der Waals surface area contributed by atoms with Gasteiger partial charge in [0.15, 0.2) is 5.69 Å². The third kappa shape index (κ3) is 2.75. The lowest BCUT2D eigenvalue weighted by Crippen LogP contribution is -2.33. The Morgan fingerprint density at radius 3 is 3.18 bits per heavy atom. The number of hydrogen-bond donors (Lipinski definition) is 1. The SMILES string of the molecule is CN(c1cccnc1C#N)C1CCCNCC1. The maximum absolute atomic E-state index is 9.07. The minimum Gasteiger partial charge on any atom is -0.369 e. The van der Waals surface area contributed by atoms with E-state index in [1.54, 1.807) is 6.20 Å². The van der Waals surface area contributed by atoms with Gasteiger partial charge < -0.3 is 10.2 Å². The molecule has 2 heterocycles. The molecule has 1 atom stereocenters. The zero-order chi connectivity index (χ0) is 12.1. The van der Waals surface area contributed by atoms with Crippen molar-refractivity contribution in [3.05, 3.63) is 24.0 Å². The van der Waals surface area contributed by atoms with Crippen LogP contribution in [0.15, 0.2) is 18.3 Å². The number of nitriles is 1. The molecule has 1 N–H and O–H groups in total. The van der Waals surface area contributed by atoms with E-state index in [0.717, 1.165) is 25.2 Å². The van der Waals surface area contributed by atoms with Crippen LogP contribution in [-0.2, 0) is 0 Å². The summed E-state index contributed by atoms with van der Waals surface area (Å²) in [5.74, 6) is 0. The minimum atomic E-state index is 0.501. The number of nitrogens with zero attached hydrogens (tertiary/aromatic N) is 3. The van der Waals surface area contributed by atoms with E-state index in [0.29, 0.717) is 11.7 Å². The van der Waals surface area contributed by atoms with Crippen LogP contribution in [0.25, 0.3) is 0 Å². The molecule has 0 radical (unpaired) electrons. The second kappa shape index (κ2) is 5.65. The molecule has 0 amide bonds. The third-order valence-electron chi connectivity index (χ3n) is 3.37. The van der Waals surface area contributed by atoms with Crippen molar-refractivity contribution in [2.45, 2.75) is 25.3 Å². The largest absolute Gasteiger partial charge is 0.369 e. The van der Waals surface area contributed by atoms with Gasteiger partial charge >= 0.3 is 0 Å². The molecule has 0 bridgehead atoms. The zero-order valence-corrected chi connectivity index (χ0v) is 10.2. The van der Waals surface area contributed by atoms with Gasteiger partial charge in [0.1, 0.15) is 6.07 Å². The van der Waals surface area contributed by atoms with Gasteiger partial charge in [-0.25, -0.2) is 4.98 Å². The summed E-state index contributed by atoms with van der Waals surface area (Å²) in [5.41, 5.74) is 1.47. The lowest BCUT2D eigenvalue weighted by molar-refractivity contribution is 0.566. The molecule has 1 aliphatic rings. The van der Waals surface area contributed by atoms with Gasteiger partial charge in [0.2, 0.25) is 0 Å². The van der Waals surface area contributed by atoms with Gasteiger partial charge in [0.05, 0.1) is 5.69 Å². The highest BCUT2D eigenvalue weighted by atomic mass is 15.1. The Kier molecular flexibility index (Phi) is 3.94. The van der Waals surface area contributed by atoms with Crippen molar-refractivity contribution >= 4 is 5.69 Å². The van der Waals surface area contributed by atoms with Gasteiger partial charge in [0.25, 0.3) is 0 Å². The predicted molar refractivity (Wildman–Crippen MR) is 67.9 cm³/mol. The van der Waals surface area contributed by atoms with Crippen molar-refractivity contribution in [2.75, 3.05) is 25.0 Å². The first kappa shape index (κ1) is 11.9. The normalized spacial score (nSPS) is 20.4. The Bertz CT molecular complexity index is 402. The molecule has 90 valence electrons. The summed E-state index contributed by atoms with van der Waals surface area (Å²) in [6.07, 6.45) is 5.15. The van der Waals surface area contributed by atoms with Crippen LogP contribution in [0.4, 0.5) is 5.69 Å². The van der Waals surface area contributed by atoms with E-state index in [-0.39, 0.29) is 0 Å². The molecular weight excluding hydrogens is 212 g/mol. The Morgan fingerprint density at radius 1 is 1.47 bits per heavy atom. The van der Waals surface area contributed by atoms with Gasteiger partial charge in [-0.05, 0) is 44.5 Å². The maximum Gasteiger partial charge on any atom is 0.163 e. The van der Waals surface area contributed by atoms with Crippen LogP contribution in [0.2, 0.25) is 0 Å². The highest BCUT2D eigenvalue weighted by Gasteiger charge is 2.19. The second-order valence-corrected chi connectivity index (χ2v) is 4.43. The number of pyridine rings is 1. The van der Waals surface area contributed by atoms with Gasteiger partial charge in [0, 0.05) is 19.3 Å². The van der Waals surface area contributed by atoms with Crippen LogP contribution in [0, 0.1) is 11.3 Å². The maximum atomic E-state index is 9.07. The van der Waals surface area contributed by atoms with Crippen molar-refractivity contribution in [3.63, 3.8) is 0 Å². The van der Waals surface area contributed by atoms with Gasteiger partial charge in [-0.3, -0.25) is 0 Å². The summed E-state index contributed by atoms with van der Waals surface area (Å²) in [5, 5.41) is 12.5. The van der Waals surface area contributed by atoms with Crippen molar-refractivity contribution in [1.82, 2.24) is 10.3 Å². The van der Waals surface area contributed by atoms with E-state index >= 15 is 0 Å². The molecule has 0 aliphatic carbocycles. The van der Waals surface area contributed by atoms with Crippen molar-refractivity contribution in [2.24, 2.45) is 0 Å². The first-order valence-corrected chi connectivity index (χ1v) is 6.11. The highest BCUT2D eigenvalue weighted by Crippen LogP contribution is 2.22. The average Bonchev–Trinajstić information content (AvgIpc) is 2.66. The molecule has 1 fully saturated rings. The Labute approximate surface area is 102 Å². The van der Waals surface area contributed by atoms with Crippen molar-refractivity contribution in [1.29, 1.82) is 5.26 Å². The van der Waals surface area contributed by atoms with Crippen LogP contribution >= 0.6 is 0 Å². The molecule has 1 aromatic rings. The quantitative estimate of drug-likeness (QED) is 0.837. The number of hydrogen-bond acceptors (Lipinski definition) is 4. The minimum absolute atomic E-state index is 0.501. The monoisotopic (exact) mass is 230 g/mol. The van der Waals surface area contributed by atoms with E-state index in [9.17, 15) is 0 Å². The van der Waals surface area contributed by atoms with Crippen LogP contribution in [0.3, 0.4) is 0 Å². The molecule has 0 spiro atoms. The van der Waals surface area contributed by atoms with E-state index < -0.39 is 0 Å². The fraction of sp³-hybridized carbons (Fsp3) is 0.538. The topological polar surface area (TPSA) is 52.0 Å². The fourth-order valence-corrected chi connectivity index (χ4v) is 2.35. The molecule has 1 saturated heterocycles. The van der Waals surface area contributed by atoms with Crippen LogP contribution in [0.5, 0.6) is 0 Å². The third-order valence-corrected chi connectivity index (χ3v) is 3.37.